The molecule has 3 aromatic rings. The molecule has 0 bridgehead atoms. The van der Waals surface area contributed by atoms with Crippen LogP contribution in [0.25, 0.3) is 6.08 Å². The van der Waals surface area contributed by atoms with Gasteiger partial charge in [-0.25, -0.2) is 9.80 Å². The van der Waals surface area contributed by atoms with E-state index in [9.17, 15) is 14.4 Å². The third-order valence-corrected chi connectivity index (χ3v) is 4.34. The average molecular weight is 404 g/mol. The van der Waals surface area contributed by atoms with Gasteiger partial charge in [-0.15, -0.1) is 0 Å². The maximum atomic E-state index is 12.7. The molecular weight excluding hydrogens is 388 g/mol. The first kappa shape index (κ1) is 19.0. The lowest BCUT2D eigenvalue weighted by Gasteiger charge is -2.14. The zero-order valence-corrected chi connectivity index (χ0v) is 15.8. The van der Waals surface area contributed by atoms with Crippen molar-refractivity contribution in [2.75, 3.05) is 12.1 Å². The second-order valence-corrected chi connectivity index (χ2v) is 6.25. The van der Waals surface area contributed by atoms with Crippen molar-refractivity contribution in [1.82, 2.24) is 5.43 Å². The summed E-state index contributed by atoms with van der Waals surface area (Å²) in [4.78, 5) is 37.1. The van der Waals surface area contributed by atoms with Gasteiger partial charge >= 0.3 is 5.97 Å². The van der Waals surface area contributed by atoms with E-state index in [0.29, 0.717) is 17.0 Å². The fourth-order valence-corrected chi connectivity index (χ4v) is 2.90. The Labute approximate surface area is 171 Å². The highest BCUT2D eigenvalue weighted by atomic mass is 16.5. The molecule has 0 atom stereocenters. The summed E-state index contributed by atoms with van der Waals surface area (Å²) in [5, 5.41) is 1.18. The van der Waals surface area contributed by atoms with Crippen molar-refractivity contribution in [3.05, 3.63) is 83.8 Å². The van der Waals surface area contributed by atoms with Crippen molar-refractivity contribution < 1.29 is 28.3 Å². The number of benzene rings is 2. The molecule has 1 saturated heterocycles. The maximum Gasteiger partial charge on any atom is 0.379 e. The molecule has 0 unspecified atom stereocenters. The summed E-state index contributed by atoms with van der Waals surface area (Å²) in [6, 6.07) is 16.4. The number of ether oxygens (including phenoxy) is 2. The first-order valence-electron chi connectivity index (χ1n) is 8.93. The first-order chi connectivity index (χ1) is 14.6. The molecule has 0 saturated carbocycles. The molecule has 1 aromatic heterocycles. The van der Waals surface area contributed by atoms with Crippen molar-refractivity contribution in [3.63, 3.8) is 0 Å². The number of carbonyl (C=O) groups excluding carboxylic acids is 3. The minimum atomic E-state index is -0.656. The van der Waals surface area contributed by atoms with Crippen LogP contribution in [0.4, 0.5) is 5.69 Å². The molecule has 0 aliphatic carbocycles. The standard InChI is InChI=1S/C22H16N2O6/c1-28-19-13-16(30-22(27)18-8-5-11-29-18)10-9-14(19)12-17-20(25)23-24(21(17)26)15-6-3-2-4-7-15/h2-13H,1H3,(H,23,25). The topological polar surface area (TPSA) is 98.1 Å². The van der Waals surface area contributed by atoms with E-state index in [0.717, 1.165) is 0 Å². The predicted molar refractivity (Wildman–Crippen MR) is 107 cm³/mol. The number of carbonyl (C=O) groups is 3. The molecule has 8 heteroatoms. The molecule has 1 aliphatic rings. The second kappa shape index (κ2) is 7.96. The Morgan fingerprint density at radius 3 is 2.57 bits per heavy atom. The van der Waals surface area contributed by atoms with Crippen LogP contribution in [0.3, 0.4) is 0 Å². The number of nitrogens with one attached hydrogen (secondary N) is 1. The molecule has 150 valence electrons. The van der Waals surface area contributed by atoms with Crippen LogP contribution >= 0.6 is 0 Å². The molecule has 2 amide bonds. The monoisotopic (exact) mass is 404 g/mol. The van der Waals surface area contributed by atoms with Crippen LogP contribution in [0.15, 0.2) is 76.9 Å². The van der Waals surface area contributed by atoms with E-state index in [1.54, 1.807) is 36.4 Å². The first-order valence-corrected chi connectivity index (χ1v) is 8.93. The number of para-hydroxylation sites is 1. The Bertz CT molecular complexity index is 1140. The van der Waals surface area contributed by atoms with E-state index in [1.807, 2.05) is 6.07 Å². The fraction of sp³-hybridized carbons (Fsp3) is 0.0455. The lowest BCUT2D eigenvalue weighted by molar-refractivity contribution is -0.117. The van der Waals surface area contributed by atoms with Crippen LogP contribution in [0.5, 0.6) is 11.5 Å². The van der Waals surface area contributed by atoms with Crippen LogP contribution < -0.4 is 19.9 Å². The second-order valence-electron chi connectivity index (χ2n) is 6.25. The van der Waals surface area contributed by atoms with E-state index in [4.69, 9.17) is 13.9 Å². The Balaban J connectivity index is 1.59. The molecule has 2 heterocycles. The molecule has 1 fully saturated rings. The number of hydrogen-bond acceptors (Lipinski definition) is 6. The van der Waals surface area contributed by atoms with Crippen LogP contribution in [-0.4, -0.2) is 24.9 Å². The summed E-state index contributed by atoms with van der Waals surface area (Å²) in [6.07, 6.45) is 2.80. The summed E-state index contributed by atoms with van der Waals surface area (Å²) in [7, 11) is 1.43. The number of anilines is 1. The van der Waals surface area contributed by atoms with E-state index < -0.39 is 17.8 Å². The van der Waals surface area contributed by atoms with Gasteiger partial charge in [0, 0.05) is 11.6 Å². The van der Waals surface area contributed by atoms with Gasteiger partial charge in [-0.1, -0.05) is 18.2 Å². The largest absolute Gasteiger partial charge is 0.496 e. The Morgan fingerprint density at radius 1 is 1.07 bits per heavy atom. The predicted octanol–water partition coefficient (Wildman–Crippen LogP) is 2.97. The fourth-order valence-electron chi connectivity index (χ4n) is 2.90. The summed E-state index contributed by atoms with van der Waals surface area (Å²) in [6.45, 7) is 0. The van der Waals surface area contributed by atoms with Crippen molar-refractivity contribution >= 4 is 29.5 Å². The Morgan fingerprint density at radius 2 is 1.87 bits per heavy atom. The number of rotatable bonds is 5. The van der Waals surface area contributed by atoms with Gasteiger partial charge in [-0.3, -0.25) is 15.0 Å². The maximum absolute atomic E-state index is 12.7. The van der Waals surface area contributed by atoms with Gasteiger partial charge in [-0.05, 0) is 42.5 Å². The quantitative estimate of drug-likeness (QED) is 0.304. The number of hydrogen-bond donors (Lipinski definition) is 1. The lowest BCUT2D eigenvalue weighted by atomic mass is 10.1. The van der Waals surface area contributed by atoms with Crippen LogP contribution in [0.1, 0.15) is 16.1 Å². The van der Waals surface area contributed by atoms with Crippen molar-refractivity contribution in [3.8, 4) is 11.5 Å². The number of methoxy groups -OCH3 is 1. The zero-order chi connectivity index (χ0) is 21.1. The normalized spacial score (nSPS) is 14.7. The molecule has 4 rings (SSSR count). The summed E-state index contributed by atoms with van der Waals surface area (Å²) < 4.78 is 15.6. The smallest absolute Gasteiger partial charge is 0.379 e. The van der Waals surface area contributed by atoms with Crippen LogP contribution in [0.2, 0.25) is 0 Å². The van der Waals surface area contributed by atoms with E-state index >= 15 is 0 Å². The lowest BCUT2D eigenvalue weighted by Crippen LogP contribution is -2.35. The van der Waals surface area contributed by atoms with Crippen molar-refractivity contribution in [2.45, 2.75) is 0 Å². The number of esters is 1. The third kappa shape index (κ3) is 3.66. The van der Waals surface area contributed by atoms with Gasteiger partial charge in [-0.2, -0.15) is 0 Å². The zero-order valence-electron chi connectivity index (χ0n) is 15.8. The van der Waals surface area contributed by atoms with Gasteiger partial charge in [0.2, 0.25) is 5.76 Å². The van der Waals surface area contributed by atoms with Crippen molar-refractivity contribution in [1.29, 1.82) is 0 Å². The summed E-state index contributed by atoms with van der Waals surface area (Å²) in [5.41, 5.74) is 3.52. The number of hydrazine groups is 1. The molecule has 8 nitrogen and oxygen atoms in total. The molecule has 0 radical (unpaired) electrons. The number of amides is 2. The minimum Gasteiger partial charge on any atom is -0.496 e. The van der Waals surface area contributed by atoms with Crippen LogP contribution in [-0.2, 0) is 9.59 Å². The van der Waals surface area contributed by atoms with E-state index in [-0.39, 0.29) is 17.1 Å². The van der Waals surface area contributed by atoms with Gasteiger partial charge in [0.15, 0.2) is 0 Å². The highest BCUT2D eigenvalue weighted by Gasteiger charge is 2.34. The average Bonchev–Trinajstić information content (AvgIpc) is 3.40. The number of nitrogens with zero attached hydrogens (tertiary/aromatic N) is 1. The molecule has 30 heavy (non-hydrogen) atoms. The van der Waals surface area contributed by atoms with Gasteiger partial charge in [0.05, 0.1) is 19.1 Å². The van der Waals surface area contributed by atoms with E-state index in [2.05, 4.69) is 5.43 Å². The number of furan rings is 1. The third-order valence-electron chi connectivity index (χ3n) is 4.34. The van der Waals surface area contributed by atoms with Crippen molar-refractivity contribution in [2.24, 2.45) is 0 Å². The molecule has 2 aromatic carbocycles. The minimum absolute atomic E-state index is 0.0440. The molecule has 1 N–H and O–H groups in total. The van der Waals surface area contributed by atoms with E-state index in [1.165, 1.54) is 42.7 Å². The Kier molecular flexibility index (Phi) is 5.04. The van der Waals surface area contributed by atoms with Gasteiger partial charge in [0.25, 0.3) is 11.8 Å². The van der Waals surface area contributed by atoms with Gasteiger partial charge < -0.3 is 13.9 Å². The highest BCUT2D eigenvalue weighted by molar-refractivity contribution is 6.31. The van der Waals surface area contributed by atoms with Crippen LogP contribution in [0, 0.1) is 0 Å². The SMILES string of the molecule is COc1cc(OC(=O)c2ccco2)ccc1C=C1C(=O)NN(c2ccccc2)C1=O. The van der Waals surface area contributed by atoms with Gasteiger partial charge in [0.1, 0.15) is 17.1 Å². The summed E-state index contributed by atoms with van der Waals surface area (Å²) in [5.74, 6) is -1.05. The Hall–Kier alpha value is -4.33. The molecule has 1 aliphatic heterocycles. The molecular formula is C22H16N2O6. The molecule has 0 spiro atoms. The highest BCUT2D eigenvalue weighted by Crippen LogP contribution is 2.29. The summed E-state index contributed by atoms with van der Waals surface area (Å²) >= 11 is 0.